The first kappa shape index (κ1) is 10.3. The van der Waals surface area contributed by atoms with Crippen molar-refractivity contribution in [2.45, 2.75) is 6.10 Å². The molecule has 0 amide bonds. The number of hydrogen-bond donors (Lipinski definition) is 1. The van der Waals surface area contributed by atoms with Crippen molar-refractivity contribution in [1.29, 1.82) is 0 Å². The van der Waals surface area contributed by atoms with Gasteiger partial charge in [0.1, 0.15) is 0 Å². The Morgan fingerprint density at radius 2 is 2.08 bits per heavy atom. The smallest absolute Gasteiger partial charge is 0.0846 e. The van der Waals surface area contributed by atoms with E-state index in [4.69, 9.17) is 5.53 Å². The van der Waals surface area contributed by atoms with E-state index in [2.05, 4.69) is 32.6 Å². The predicted molar refractivity (Wildman–Crippen MR) is 58.1 cm³/mol. The second-order valence-electron chi connectivity index (χ2n) is 2.48. The summed E-state index contributed by atoms with van der Waals surface area (Å²) < 4.78 is 1.11. The number of nitrogens with zero attached hydrogens (tertiary/aromatic N) is 3. The molecule has 0 saturated heterocycles. The number of aliphatic hydroxyl groups excluding tert-OH is 1. The number of halogens is 1. The minimum absolute atomic E-state index is 0.0804. The van der Waals surface area contributed by atoms with Gasteiger partial charge in [-0.1, -0.05) is 17.2 Å². The Kier molecular flexibility index (Phi) is 4.01. The van der Waals surface area contributed by atoms with Crippen molar-refractivity contribution in [1.82, 2.24) is 0 Å². The van der Waals surface area contributed by atoms with Crippen LogP contribution in [0.25, 0.3) is 10.4 Å². The van der Waals surface area contributed by atoms with Crippen LogP contribution in [0, 0.1) is 3.57 Å². The molecule has 0 bridgehead atoms. The molecule has 5 heteroatoms. The zero-order valence-electron chi connectivity index (χ0n) is 6.76. The van der Waals surface area contributed by atoms with Gasteiger partial charge in [-0.2, -0.15) is 0 Å². The minimum atomic E-state index is -0.701. The third-order valence-corrected chi connectivity index (χ3v) is 2.29. The van der Waals surface area contributed by atoms with Crippen LogP contribution in [0.5, 0.6) is 0 Å². The highest BCUT2D eigenvalue weighted by atomic mass is 127. The van der Waals surface area contributed by atoms with E-state index in [0.717, 1.165) is 9.13 Å². The highest BCUT2D eigenvalue weighted by Crippen LogP contribution is 2.14. The molecule has 0 aliphatic heterocycles. The molecule has 1 N–H and O–H groups in total. The lowest BCUT2D eigenvalue weighted by Gasteiger charge is -2.06. The normalized spacial score (nSPS) is 11.8. The third-order valence-electron chi connectivity index (χ3n) is 1.57. The first-order valence-electron chi connectivity index (χ1n) is 3.68. The van der Waals surface area contributed by atoms with Crippen molar-refractivity contribution in [3.05, 3.63) is 43.8 Å². The van der Waals surface area contributed by atoms with Crippen molar-refractivity contribution in [2.24, 2.45) is 5.11 Å². The number of aliphatic hydroxyl groups is 1. The molecule has 0 radical (unpaired) electrons. The lowest BCUT2D eigenvalue weighted by Crippen LogP contribution is -2.00. The molecule has 13 heavy (non-hydrogen) atoms. The molecular formula is C8H8IN3O. The minimum Gasteiger partial charge on any atom is -0.388 e. The van der Waals surface area contributed by atoms with Gasteiger partial charge < -0.3 is 5.11 Å². The molecule has 1 aromatic rings. The van der Waals surface area contributed by atoms with E-state index < -0.39 is 6.10 Å². The van der Waals surface area contributed by atoms with Gasteiger partial charge in [0.15, 0.2) is 0 Å². The number of azide groups is 1. The van der Waals surface area contributed by atoms with Crippen LogP contribution in [-0.2, 0) is 0 Å². The second kappa shape index (κ2) is 5.06. The molecule has 0 aliphatic rings. The van der Waals surface area contributed by atoms with Gasteiger partial charge in [-0.3, -0.25) is 0 Å². The quantitative estimate of drug-likeness (QED) is 0.395. The Morgan fingerprint density at radius 3 is 2.62 bits per heavy atom. The molecule has 1 aromatic carbocycles. The van der Waals surface area contributed by atoms with Gasteiger partial charge in [0.25, 0.3) is 0 Å². The monoisotopic (exact) mass is 289 g/mol. The molecule has 4 nitrogen and oxygen atoms in total. The predicted octanol–water partition coefficient (Wildman–Crippen LogP) is 2.63. The van der Waals surface area contributed by atoms with E-state index in [1.807, 2.05) is 24.3 Å². The van der Waals surface area contributed by atoms with Crippen LogP contribution in [0.3, 0.4) is 0 Å². The maximum Gasteiger partial charge on any atom is 0.0846 e. The van der Waals surface area contributed by atoms with Gasteiger partial charge in [0.2, 0.25) is 0 Å². The summed E-state index contributed by atoms with van der Waals surface area (Å²) >= 11 is 2.19. The Hall–Kier alpha value is -0.780. The molecular weight excluding hydrogens is 281 g/mol. The summed E-state index contributed by atoms with van der Waals surface area (Å²) in [6.07, 6.45) is -0.701. The first-order chi connectivity index (χ1) is 6.24. The lowest BCUT2D eigenvalue weighted by molar-refractivity contribution is 0.187. The average molecular weight is 289 g/mol. The number of rotatable bonds is 3. The van der Waals surface area contributed by atoms with Crippen LogP contribution in [0.15, 0.2) is 29.4 Å². The molecule has 68 valence electrons. The summed E-state index contributed by atoms with van der Waals surface area (Å²) in [5, 5.41) is 12.8. The zero-order chi connectivity index (χ0) is 9.68. The fourth-order valence-corrected chi connectivity index (χ4v) is 1.26. The van der Waals surface area contributed by atoms with Crippen LogP contribution in [0.1, 0.15) is 11.7 Å². The summed E-state index contributed by atoms with van der Waals surface area (Å²) in [4.78, 5) is 2.58. The standard InChI is InChI=1S/C8H8IN3O/c9-7-3-1-6(2-4-7)8(13)5-11-12-10/h1-4,8,13H,5H2. The maximum absolute atomic E-state index is 9.48. The average Bonchev–Trinajstić information content (AvgIpc) is 2.15. The van der Waals surface area contributed by atoms with Gasteiger partial charge >= 0.3 is 0 Å². The summed E-state index contributed by atoms with van der Waals surface area (Å²) in [5.41, 5.74) is 8.82. The molecule has 0 heterocycles. The van der Waals surface area contributed by atoms with Gasteiger partial charge in [-0.25, -0.2) is 0 Å². The van der Waals surface area contributed by atoms with E-state index >= 15 is 0 Å². The summed E-state index contributed by atoms with van der Waals surface area (Å²) in [5.74, 6) is 0. The fourth-order valence-electron chi connectivity index (χ4n) is 0.904. The van der Waals surface area contributed by atoms with Gasteiger partial charge in [0.05, 0.1) is 12.6 Å². The second-order valence-corrected chi connectivity index (χ2v) is 3.73. The maximum atomic E-state index is 9.48. The SMILES string of the molecule is [N-]=[N+]=NCC(O)c1ccc(I)cc1. The van der Waals surface area contributed by atoms with E-state index in [9.17, 15) is 5.11 Å². The van der Waals surface area contributed by atoms with E-state index in [-0.39, 0.29) is 6.54 Å². The van der Waals surface area contributed by atoms with Crippen LogP contribution in [0.4, 0.5) is 0 Å². The van der Waals surface area contributed by atoms with Crippen molar-refractivity contribution in [2.75, 3.05) is 6.54 Å². The lowest BCUT2D eigenvalue weighted by atomic mass is 10.1. The molecule has 1 unspecified atom stereocenters. The van der Waals surface area contributed by atoms with Crippen LogP contribution >= 0.6 is 22.6 Å². The zero-order valence-corrected chi connectivity index (χ0v) is 8.92. The molecule has 0 fully saturated rings. The van der Waals surface area contributed by atoms with E-state index in [1.165, 1.54) is 0 Å². The number of hydrogen-bond acceptors (Lipinski definition) is 2. The van der Waals surface area contributed by atoms with Gasteiger partial charge in [-0.05, 0) is 45.8 Å². The van der Waals surface area contributed by atoms with Crippen LogP contribution in [-0.4, -0.2) is 11.7 Å². The van der Waals surface area contributed by atoms with Crippen molar-refractivity contribution in [3.8, 4) is 0 Å². The van der Waals surface area contributed by atoms with Crippen LogP contribution < -0.4 is 0 Å². The first-order valence-corrected chi connectivity index (χ1v) is 4.76. The van der Waals surface area contributed by atoms with Crippen LogP contribution in [0.2, 0.25) is 0 Å². The molecule has 0 aromatic heterocycles. The molecule has 0 saturated carbocycles. The highest BCUT2D eigenvalue weighted by molar-refractivity contribution is 14.1. The Morgan fingerprint density at radius 1 is 1.46 bits per heavy atom. The van der Waals surface area contributed by atoms with Gasteiger partial charge in [0, 0.05) is 8.48 Å². The molecule has 0 spiro atoms. The third kappa shape index (κ3) is 3.22. The van der Waals surface area contributed by atoms with Crippen molar-refractivity contribution in [3.63, 3.8) is 0 Å². The van der Waals surface area contributed by atoms with Crippen molar-refractivity contribution >= 4 is 22.6 Å². The molecule has 1 atom stereocenters. The largest absolute Gasteiger partial charge is 0.388 e. The molecule has 1 rings (SSSR count). The summed E-state index contributed by atoms with van der Waals surface area (Å²) in [6.45, 7) is 0.0804. The van der Waals surface area contributed by atoms with E-state index in [1.54, 1.807) is 0 Å². The topological polar surface area (TPSA) is 69.0 Å². The summed E-state index contributed by atoms with van der Waals surface area (Å²) in [6, 6.07) is 7.43. The summed E-state index contributed by atoms with van der Waals surface area (Å²) in [7, 11) is 0. The Balaban J connectivity index is 2.71. The Labute approximate surface area is 89.4 Å². The fraction of sp³-hybridized carbons (Fsp3) is 0.250. The van der Waals surface area contributed by atoms with Crippen molar-refractivity contribution < 1.29 is 5.11 Å². The highest BCUT2D eigenvalue weighted by Gasteiger charge is 2.04. The number of benzene rings is 1. The van der Waals surface area contributed by atoms with E-state index in [0.29, 0.717) is 0 Å². The Bertz CT molecular complexity index is 319. The van der Waals surface area contributed by atoms with Gasteiger partial charge in [-0.15, -0.1) is 0 Å². The molecule has 0 aliphatic carbocycles.